The largest absolute Gasteiger partial charge is 0.589 e. The summed E-state index contributed by atoms with van der Waals surface area (Å²) in [6.07, 6.45) is 19.7. The molecule has 204 valence electrons. The predicted octanol–water partition coefficient (Wildman–Crippen LogP) is 5.44. The zero-order valence-corrected chi connectivity index (χ0v) is 23.5. The van der Waals surface area contributed by atoms with Crippen LogP contribution in [0.2, 0.25) is 0 Å². The highest BCUT2D eigenvalue weighted by Gasteiger charge is 2.45. The Bertz CT molecular complexity index is 488. The van der Waals surface area contributed by atoms with E-state index in [0.717, 1.165) is 19.3 Å². The first-order chi connectivity index (χ1) is 16.1. The first-order valence-corrected chi connectivity index (χ1v) is 14.9. The summed E-state index contributed by atoms with van der Waals surface area (Å²) in [4.78, 5) is 11.3. The molecule has 0 aliphatic rings. The molecule has 0 amide bonds. The van der Waals surface area contributed by atoms with Crippen molar-refractivity contribution in [3.05, 3.63) is 0 Å². The number of hydrogen-bond acceptors (Lipinski definition) is 6. The molecule has 0 aromatic carbocycles. The lowest BCUT2D eigenvalue weighted by Gasteiger charge is -2.25. The quantitative estimate of drug-likeness (QED) is 0.0737. The molecular weight excluding hydrogens is 453 g/mol. The summed E-state index contributed by atoms with van der Waals surface area (Å²) in [5, 5.41) is 20.2. The molecule has 0 saturated carbocycles. The summed E-state index contributed by atoms with van der Waals surface area (Å²) in [6.45, 7) is 2.87. The van der Waals surface area contributed by atoms with Crippen molar-refractivity contribution in [3.8, 4) is 0 Å². The molecule has 0 aromatic heterocycles. The van der Waals surface area contributed by atoms with Gasteiger partial charge in [0.15, 0.2) is 0 Å². The first kappa shape index (κ1) is 33.9. The molecule has 0 bridgehead atoms. The van der Waals surface area contributed by atoms with Gasteiger partial charge in [-0.15, -0.1) is 0 Å². The van der Waals surface area contributed by atoms with Crippen molar-refractivity contribution in [2.75, 3.05) is 40.9 Å². The molecule has 0 fully saturated rings. The maximum absolute atomic E-state index is 11.3. The van der Waals surface area contributed by atoms with E-state index < -0.39 is 19.8 Å². The van der Waals surface area contributed by atoms with E-state index in [1.165, 1.54) is 77.0 Å². The molecule has 0 heterocycles. The molecular formula is C26H55NO6P+. The SMILES string of the molecule is CCCCCCCCCCCCCCCCC(O)CCCOC(O)(OCC[N+](C)(C)C)[P+](=O)[O-]. The highest BCUT2D eigenvalue weighted by atomic mass is 31.1. The first-order valence-electron chi connectivity index (χ1n) is 13.7. The number of quaternary nitrogens is 1. The minimum Gasteiger partial charge on any atom is -0.589 e. The minimum atomic E-state index is -3.31. The Hall–Kier alpha value is -0.140. The molecule has 34 heavy (non-hydrogen) atoms. The molecule has 0 saturated heterocycles. The third-order valence-electron chi connectivity index (χ3n) is 6.15. The van der Waals surface area contributed by atoms with Crippen LogP contribution in [0.15, 0.2) is 0 Å². The van der Waals surface area contributed by atoms with Crippen molar-refractivity contribution in [2.24, 2.45) is 0 Å². The van der Waals surface area contributed by atoms with Crippen LogP contribution in [0.25, 0.3) is 0 Å². The summed E-state index contributed by atoms with van der Waals surface area (Å²) in [5.41, 5.74) is -2.59. The van der Waals surface area contributed by atoms with Gasteiger partial charge in [0.1, 0.15) is 13.2 Å². The Morgan fingerprint density at radius 2 is 1.18 bits per heavy atom. The summed E-state index contributed by atoms with van der Waals surface area (Å²) in [5.74, 6) is 0. The second-order valence-corrected chi connectivity index (χ2v) is 11.8. The normalized spacial score (nSPS) is 15.3. The van der Waals surface area contributed by atoms with Crippen molar-refractivity contribution in [3.63, 3.8) is 0 Å². The average Bonchev–Trinajstić information content (AvgIpc) is 2.76. The molecule has 3 atom stereocenters. The van der Waals surface area contributed by atoms with Crippen molar-refractivity contribution in [2.45, 2.75) is 128 Å². The number of ether oxygens (including phenoxy) is 2. The summed E-state index contributed by atoms with van der Waals surface area (Å²) >= 11 is 0. The van der Waals surface area contributed by atoms with Crippen LogP contribution in [-0.4, -0.2) is 67.4 Å². The topological polar surface area (TPSA) is 99.1 Å². The van der Waals surface area contributed by atoms with Gasteiger partial charge in [-0.2, -0.15) is 0 Å². The van der Waals surface area contributed by atoms with Gasteiger partial charge in [0.05, 0.1) is 33.9 Å². The van der Waals surface area contributed by atoms with Gasteiger partial charge in [-0.3, -0.25) is 9.47 Å². The number of unbranched alkanes of at least 4 members (excludes halogenated alkanes) is 13. The lowest BCUT2D eigenvalue weighted by Crippen LogP contribution is -2.42. The van der Waals surface area contributed by atoms with Crippen LogP contribution in [-0.2, 0) is 14.0 Å². The lowest BCUT2D eigenvalue weighted by molar-refractivity contribution is -0.871. The Balaban J connectivity index is 3.62. The summed E-state index contributed by atoms with van der Waals surface area (Å²) in [6, 6.07) is 0. The summed E-state index contributed by atoms with van der Waals surface area (Å²) in [7, 11) is 2.52. The van der Waals surface area contributed by atoms with Crippen LogP contribution >= 0.6 is 8.03 Å². The van der Waals surface area contributed by atoms with Gasteiger partial charge in [0.25, 0.3) is 0 Å². The van der Waals surface area contributed by atoms with Gasteiger partial charge in [0.2, 0.25) is 0 Å². The smallest absolute Gasteiger partial charge is 0.493 e. The number of nitrogens with zero attached hydrogens (tertiary/aromatic N) is 1. The van der Waals surface area contributed by atoms with Crippen molar-refractivity contribution in [1.82, 2.24) is 0 Å². The Morgan fingerprint density at radius 1 is 0.765 bits per heavy atom. The van der Waals surface area contributed by atoms with E-state index in [2.05, 4.69) is 6.92 Å². The molecule has 3 unspecified atom stereocenters. The van der Waals surface area contributed by atoms with E-state index in [1.807, 2.05) is 21.1 Å². The van der Waals surface area contributed by atoms with Crippen LogP contribution in [0.3, 0.4) is 0 Å². The second kappa shape index (κ2) is 21.0. The standard InChI is InChI=1S/C26H55NO6P/c1-5-6-7-8-9-10-11-12-13-14-15-16-17-18-20-25(28)21-19-23-32-26(29,34(30)31)33-24-22-27(2,3)4/h25,28-29H,5-24H2,1-4H3/q+1. The number of aliphatic hydroxyl groups is 2. The van der Waals surface area contributed by atoms with Crippen molar-refractivity contribution in [1.29, 1.82) is 0 Å². The fourth-order valence-electron chi connectivity index (χ4n) is 3.84. The molecule has 8 heteroatoms. The molecule has 0 aromatic rings. The molecule has 7 nitrogen and oxygen atoms in total. The van der Waals surface area contributed by atoms with Crippen LogP contribution in [0.5, 0.6) is 0 Å². The van der Waals surface area contributed by atoms with Gasteiger partial charge in [-0.25, -0.2) is 0 Å². The van der Waals surface area contributed by atoms with Crippen LogP contribution in [0.4, 0.5) is 0 Å². The Kier molecular flexibility index (Phi) is 20.9. The second-order valence-electron chi connectivity index (χ2n) is 10.7. The van der Waals surface area contributed by atoms with Crippen molar-refractivity contribution >= 4 is 8.03 Å². The average molecular weight is 509 g/mol. The minimum absolute atomic E-state index is 0.0139. The van der Waals surface area contributed by atoms with Gasteiger partial charge in [-0.1, -0.05) is 101 Å². The van der Waals surface area contributed by atoms with E-state index in [1.54, 1.807) is 0 Å². The predicted molar refractivity (Wildman–Crippen MR) is 138 cm³/mol. The van der Waals surface area contributed by atoms with E-state index in [4.69, 9.17) is 9.47 Å². The monoisotopic (exact) mass is 508 g/mol. The molecule has 0 aliphatic heterocycles. The van der Waals surface area contributed by atoms with Crippen LogP contribution in [0.1, 0.15) is 116 Å². The molecule has 2 N–H and O–H groups in total. The van der Waals surface area contributed by atoms with Gasteiger partial charge < -0.3 is 19.6 Å². The maximum atomic E-state index is 11.3. The molecule has 0 spiro atoms. The van der Waals surface area contributed by atoms with E-state index >= 15 is 0 Å². The lowest BCUT2D eigenvalue weighted by atomic mass is 10.0. The van der Waals surface area contributed by atoms with Crippen LogP contribution < -0.4 is 4.89 Å². The number of hydrogen-bond donors (Lipinski definition) is 2. The Morgan fingerprint density at radius 3 is 1.62 bits per heavy atom. The van der Waals surface area contributed by atoms with Gasteiger partial charge in [-0.05, 0) is 19.3 Å². The molecule has 0 aliphatic carbocycles. The maximum Gasteiger partial charge on any atom is 0.493 e. The molecule has 0 rings (SSSR count). The fourth-order valence-corrected chi connectivity index (χ4v) is 4.24. The zero-order chi connectivity index (χ0) is 25.7. The number of aliphatic hydroxyl groups excluding tert-OH is 1. The zero-order valence-electron chi connectivity index (χ0n) is 22.6. The highest BCUT2D eigenvalue weighted by molar-refractivity contribution is 7.37. The van der Waals surface area contributed by atoms with Gasteiger partial charge >= 0.3 is 13.7 Å². The highest BCUT2D eigenvalue weighted by Crippen LogP contribution is 2.32. The Labute approximate surface area is 210 Å². The third-order valence-corrected chi connectivity index (χ3v) is 6.87. The van der Waals surface area contributed by atoms with Crippen molar-refractivity contribution < 1.29 is 33.6 Å². The fraction of sp³-hybridized carbons (Fsp3) is 1.00. The van der Waals surface area contributed by atoms with Gasteiger partial charge in [0, 0.05) is 0 Å². The van der Waals surface area contributed by atoms with E-state index in [0.29, 0.717) is 23.9 Å². The molecule has 0 radical (unpaired) electrons. The number of likely N-dealkylation sites (N-methyl/N-ethyl adjacent to an activating group) is 1. The van der Waals surface area contributed by atoms with Crippen LogP contribution in [0, 0.1) is 0 Å². The number of rotatable bonds is 25. The third kappa shape index (κ3) is 21.2. The summed E-state index contributed by atoms with van der Waals surface area (Å²) < 4.78 is 22.1. The van der Waals surface area contributed by atoms with E-state index in [9.17, 15) is 19.7 Å². The van der Waals surface area contributed by atoms with E-state index in [-0.39, 0.29) is 13.2 Å².